The zero-order chi connectivity index (χ0) is 21.4. The molecule has 0 aromatic heterocycles. The first-order chi connectivity index (χ1) is 13.6. The SMILES string of the molecule is NC(=O)COc1cccc(/C=N/NC(=O)C(=O)Nc2ccc(C(F)(F)F)cc2)c1. The fraction of sp³-hybridized carbons (Fsp3) is 0.111. The van der Waals surface area contributed by atoms with E-state index in [-0.39, 0.29) is 12.3 Å². The average Bonchev–Trinajstić information content (AvgIpc) is 2.66. The van der Waals surface area contributed by atoms with E-state index in [2.05, 4.69) is 10.4 Å². The number of alkyl halides is 3. The van der Waals surface area contributed by atoms with Gasteiger partial charge in [-0.2, -0.15) is 18.3 Å². The molecule has 29 heavy (non-hydrogen) atoms. The molecule has 0 aliphatic heterocycles. The molecule has 11 heteroatoms. The van der Waals surface area contributed by atoms with Gasteiger partial charge in [0.05, 0.1) is 11.8 Å². The van der Waals surface area contributed by atoms with E-state index in [0.717, 1.165) is 24.3 Å². The predicted molar refractivity (Wildman–Crippen MR) is 96.9 cm³/mol. The highest BCUT2D eigenvalue weighted by atomic mass is 19.4. The molecule has 2 rings (SSSR count). The summed E-state index contributed by atoms with van der Waals surface area (Å²) >= 11 is 0. The van der Waals surface area contributed by atoms with Crippen LogP contribution in [0.25, 0.3) is 0 Å². The number of halogens is 3. The van der Waals surface area contributed by atoms with Gasteiger partial charge in [0.25, 0.3) is 5.91 Å². The highest BCUT2D eigenvalue weighted by Crippen LogP contribution is 2.29. The van der Waals surface area contributed by atoms with Crippen LogP contribution < -0.4 is 21.2 Å². The van der Waals surface area contributed by atoms with Crippen LogP contribution in [0.3, 0.4) is 0 Å². The van der Waals surface area contributed by atoms with Crippen molar-refractivity contribution in [2.24, 2.45) is 10.8 Å². The van der Waals surface area contributed by atoms with Gasteiger partial charge in [0.15, 0.2) is 6.61 Å². The van der Waals surface area contributed by atoms with Crippen molar-refractivity contribution < 1.29 is 32.3 Å². The van der Waals surface area contributed by atoms with Gasteiger partial charge in [-0.3, -0.25) is 14.4 Å². The van der Waals surface area contributed by atoms with E-state index in [1.165, 1.54) is 12.3 Å². The molecule has 4 N–H and O–H groups in total. The lowest BCUT2D eigenvalue weighted by Crippen LogP contribution is -2.32. The van der Waals surface area contributed by atoms with E-state index in [9.17, 15) is 27.6 Å². The highest BCUT2D eigenvalue weighted by molar-refractivity contribution is 6.39. The number of ether oxygens (including phenoxy) is 1. The smallest absolute Gasteiger partial charge is 0.416 e. The zero-order valence-corrected chi connectivity index (χ0v) is 14.7. The van der Waals surface area contributed by atoms with E-state index >= 15 is 0 Å². The standard InChI is InChI=1S/C18H15F3N4O4/c19-18(20,21)12-4-6-13(7-5-12)24-16(27)17(28)25-23-9-11-2-1-3-14(8-11)29-10-15(22)26/h1-9H,10H2,(H2,22,26)(H,24,27)(H,25,28)/b23-9+. The normalized spacial score (nSPS) is 11.1. The number of anilines is 1. The van der Waals surface area contributed by atoms with Gasteiger partial charge in [0.1, 0.15) is 5.75 Å². The summed E-state index contributed by atoms with van der Waals surface area (Å²) in [4.78, 5) is 34.2. The number of rotatable bonds is 6. The molecule has 3 amide bonds. The Bertz CT molecular complexity index is 927. The number of nitrogens with two attached hydrogens (primary N) is 1. The second-order valence-corrected chi connectivity index (χ2v) is 5.56. The molecule has 152 valence electrons. The molecular weight excluding hydrogens is 393 g/mol. The third-order valence-electron chi connectivity index (χ3n) is 3.30. The Hall–Kier alpha value is -3.89. The van der Waals surface area contributed by atoms with Crippen LogP contribution in [-0.2, 0) is 20.6 Å². The van der Waals surface area contributed by atoms with Gasteiger partial charge in [-0.15, -0.1) is 0 Å². The Labute approximate surface area is 162 Å². The highest BCUT2D eigenvalue weighted by Gasteiger charge is 2.30. The number of primary amides is 1. The van der Waals surface area contributed by atoms with Crippen LogP contribution >= 0.6 is 0 Å². The number of nitrogens with one attached hydrogen (secondary N) is 2. The first kappa shape index (κ1) is 21.4. The van der Waals surface area contributed by atoms with E-state index in [4.69, 9.17) is 10.5 Å². The second-order valence-electron chi connectivity index (χ2n) is 5.56. The number of amides is 3. The zero-order valence-electron chi connectivity index (χ0n) is 14.7. The van der Waals surface area contributed by atoms with Gasteiger partial charge in [0.2, 0.25) is 0 Å². The number of nitrogens with zero attached hydrogens (tertiary/aromatic N) is 1. The number of hydrazone groups is 1. The van der Waals surface area contributed by atoms with E-state index in [0.29, 0.717) is 11.3 Å². The van der Waals surface area contributed by atoms with Gasteiger partial charge in [-0.1, -0.05) is 12.1 Å². The Balaban J connectivity index is 1.89. The number of benzene rings is 2. The molecule has 0 unspecified atom stereocenters. The average molecular weight is 408 g/mol. The molecular formula is C18H15F3N4O4. The monoisotopic (exact) mass is 408 g/mol. The molecule has 0 aliphatic carbocycles. The summed E-state index contributed by atoms with van der Waals surface area (Å²) in [5.74, 6) is -2.53. The lowest BCUT2D eigenvalue weighted by Gasteiger charge is -2.08. The van der Waals surface area contributed by atoms with Crippen LogP contribution in [-0.4, -0.2) is 30.5 Å². The van der Waals surface area contributed by atoms with Crippen LogP contribution in [0.15, 0.2) is 53.6 Å². The molecule has 0 heterocycles. The van der Waals surface area contributed by atoms with Crippen LogP contribution in [0.5, 0.6) is 5.75 Å². The van der Waals surface area contributed by atoms with Crippen molar-refractivity contribution in [2.45, 2.75) is 6.18 Å². The topological polar surface area (TPSA) is 123 Å². The van der Waals surface area contributed by atoms with Crippen LogP contribution in [0, 0.1) is 0 Å². The molecule has 0 radical (unpaired) electrons. The Morgan fingerprint density at radius 2 is 1.76 bits per heavy atom. The molecule has 0 aliphatic rings. The summed E-state index contributed by atoms with van der Waals surface area (Å²) < 4.78 is 42.6. The first-order valence-electron chi connectivity index (χ1n) is 7.98. The summed E-state index contributed by atoms with van der Waals surface area (Å²) in [6.07, 6.45) is -3.28. The molecule has 0 fully saturated rings. The fourth-order valence-electron chi connectivity index (χ4n) is 1.99. The molecule has 2 aromatic carbocycles. The van der Waals surface area contributed by atoms with Crippen LogP contribution in [0.1, 0.15) is 11.1 Å². The summed E-state index contributed by atoms with van der Waals surface area (Å²) in [7, 11) is 0. The minimum Gasteiger partial charge on any atom is -0.484 e. The van der Waals surface area contributed by atoms with Crippen molar-refractivity contribution in [3.05, 3.63) is 59.7 Å². The van der Waals surface area contributed by atoms with Crippen molar-refractivity contribution in [1.82, 2.24) is 5.43 Å². The summed E-state index contributed by atoms with van der Waals surface area (Å²) in [5.41, 5.74) is 6.58. The largest absolute Gasteiger partial charge is 0.484 e. The van der Waals surface area contributed by atoms with Crippen LogP contribution in [0.2, 0.25) is 0 Å². The Morgan fingerprint density at radius 1 is 1.07 bits per heavy atom. The van der Waals surface area contributed by atoms with Gasteiger partial charge in [-0.05, 0) is 42.0 Å². The Morgan fingerprint density at radius 3 is 2.38 bits per heavy atom. The van der Waals surface area contributed by atoms with Gasteiger partial charge >= 0.3 is 18.0 Å². The van der Waals surface area contributed by atoms with Gasteiger partial charge < -0.3 is 15.8 Å². The Kier molecular flexibility index (Phi) is 6.90. The molecule has 8 nitrogen and oxygen atoms in total. The van der Waals surface area contributed by atoms with Crippen molar-refractivity contribution in [2.75, 3.05) is 11.9 Å². The summed E-state index contributed by atoms with van der Waals surface area (Å²) in [5, 5.41) is 5.76. The first-order valence-corrected chi connectivity index (χ1v) is 7.98. The second kappa shape index (κ2) is 9.35. The minimum absolute atomic E-state index is 0.0152. The molecule has 0 spiro atoms. The molecule has 0 saturated heterocycles. The van der Waals surface area contributed by atoms with E-state index in [1.54, 1.807) is 18.2 Å². The quantitative estimate of drug-likeness (QED) is 0.382. The fourth-order valence-corrected chi connectivity index (χ4v) is 1.99. The van der Waals surface area contributed by atoms with E-state index in [1.807, 2.05) is 5.43 Å². The number of hydrogen-bond donors (Lipinski definition) is 3. The molecule has 0 atom stereocenters. The van der Waals surface area contributed by atoms with Crippen molar-refractivity contribution in [3.8, 4) is 5.75 Å². The van der Waals surface area contributed by atoms with Gasteiger partial charge in [-0.25, -0.2) is 5.43 Å². The number of carbonyl (C=O) groups excluding carboxylic acids is 3. The lowest BCUT2D eigenvalue weighted by atomic mass is 10.2. The maximum atomic E-state index is 12.5. The third kappa shape index (κ3) is 6.97. The van der Waals surface area contributed by atoms with Crippen molar-refractivity contribution in [1.29, 1.82) is 0 Å². The van der Waals surface area contributed by atoms with E-state index < -0.39 is 29.5 Å². The van der Waals surface area contributed by atoms with Crippen molar-refractivity contribution >= 4 is 29.6 Å². The van der Waals surface area contributed by atoms with Crippen LogP contribution in [0.4, 0.5) is 18.9 Å². The number of carbonyl (C=O) groups is 3. The summed E-state index contributed by atoms with van der Waals surface area (Å²) in [6.45, 7) is -0.304. The third-order valence-corrected chi connectivity index (χ3v) is 3.30. The molecule has 0 saturated carbocycles. The maximum absolute atomic E-state index is 12.5. The van der Waals surface area contributed by atoms with Crippen molar-refractivity contribution in [3.63, 3.8) is 0 Å². The van der Waals surface area contributed by atoms with Gasteiger partial charge in [0, 0.05) is 5.69 Å². The maximum Gasteiger partial charge on any atom is 0.416 e. The lowest BCUT2D eigenvalue weighted by molar-refractivity contribution is -0.137. The summed E-state index contributed by atoms with van der Waals surface area (Å²) in [6, 6.07) is 9.92. The molecule has 0 bridgehead atoms. The predicted octanol–water partition coefficient (Wildman–Crippen LogP) is 1.66. The number of hydrogen-bond acceptors (Lipinski definition) is 5. The minimum atomic E-state index is -4.50. The molecule has 2 aromatic rings.